The Hall–Kier alpha value is -1.68. The molecule has 0 bridgehead atoms. The van der Waals surface area contributed by atoms with E-state index >= 15 is 0 Å². The predicted molar refractivity (Wildman–Crippen MR) is 60.2 cm³/mol. The second kappa shape index (κ2) is 4.45. The molecule has 1 aliphatic heterocycles. The van der Waals surface area contributed by atoms with E-state index < -0.39 is 0 Å². The summed E-state index contributed by atoms with van der Waals surface area (Å²) in [6.07, 6.45) is 1.55. The van der Waals surface area contributed by atoms with Gasteiger partial charge in [0.1, 0.15) is 0 Å². The fourth-order valence-electron chi connectivity index (χ4n) is 1.82. The highest BCUT2D eigenvalue weighted by Gasteiger charge is 2.19. The maximum atomic E-state index is 10.6. The van der Waals surface area contributed by atoms with Gasteiger partial charge in [0.05, 0.1) is 17.6 Å². The van der Waals surface area contributed by atoms with Crippen molar-refractivity contribution < 1.29 is 9.66 Å². The molecule has 4 heteroatoms. The summed E-state index contributed by atoms with van der Waals surface area (Å²) in [4.78, 5) is 10.3. The number of nitrogens with zero attached hydrogens (tertiary/aromatic N) is 1. The van der Waals surface area contributed by atoms with Crippen LogP contribution in [0.2, 0.25) is 0 Å². The molecule has 0 saturated carbocycles. The normalized spacial score (nSPS) is 20.8. The molecule has 1 aliphatic rings. The Labute approximate surface area is 93.7 Å². The third kappa shape index (κ3) is 2.28. The van der Waals surface area contributed by atoms with Crippen LogP contribution >= 0.6 is 0 Å². The highest BCUT2D eigenvalue weighted by Crippen LogP contribution is 2.31. The molecule has 1 fully saturated rings. The van der Waals surface area contributed by atoms with E-state index in [0.29, 0.717) is 6.61 Å². The number of nitro groups is 1. The number of non-ortho nitro benzene ring substituents is 1. The van der Waals surface area contributed by atoms with Crippen LogP contribution in [0.25, 0.3) is 0 Å². The number of hydrogen-bond acceptors (Lipinski definition) is 3. The molecule has 0 N–H and O–H groups in total. The molecule has 1 heterocycles. The molecule has 1 aromatic carbocycles. The molecule has 0 amide bonds. The first kappa shape index (κ1) is 10.8. The number of benzene rings is 1. The van der Waals surface area contributed by atoms with Gasteiger partial charge in [-0.25, -0.2) is 0 Å². The minimum atomic E-state index is -0.388. The molecule has 0 aromatic heterocycles. The molecule has 2 rings (SSSR count). The Morgan fingerprint density at radius 3 is 3.00 bits per heavy atom. The zero-order valence-corrected chi connectivity index (χ0v) is 8.89. The average molecular weight is 219 g/mol. The van der Waals surface area contributed by atoms with Gasteiger partial charge < -0.3 is 4.74 Å². The molecule has 0 aliphatic carbocycles. The lowest BCUT2D eigenvalue weighted by molar-refractivity contribution is -0.385. The Morgan fingerprint density at radius 2 is 2.31 bits per heavy atom. The van der Waals surface area contributed by atoms with Gasteiger partial charge in [0.15, 0.2) is 0 Å². The van der Waals surface area contributed by atoms with Gasteiger partial charge in [0, 0.05) is 12.1 Å². The third-order valence-corrected chi connectivity index (χ3v) is 2.70. The van der Waals surface area contributed by atoms with Crippen molar-refractivity contribution in [3.8, 4) is 0 Å². The van der Waals surface area contributed by atoms with E-state index in [1.807, 2.05) is 6.07 Å². The van der Waals surface area contributed by atoms with Crippen LogP contribution in [-0.2, 0) is 4.74 Å². The van der Waals surface area contributed by atoms with Crippen molar-refractivity contribution in [1.29, 1.82) is 0 Å². The van der Waals surface area contributed by atoms with E-state index in [0.717, 1.165) is 24.0 Å². The number of nitro benzene ring substituents is 1. The Bertz CT molecular complexity index is 428. The monoisotopic (exact) mass is 219 g/mol. The lowest BCUT2D eigenvalue weighted by Gasteiger charge is -2.24. The summed E-state index contributed by atoms with van der Waals surface area (Å²) in [5.41, 5.74) is 2.11. The van der Waals surface area contributed by atoms with Gasteiger partial charge in [0.25, 0.3) is 5.69 Å². The van der Waals surface area contributed by atoms with E-state index in [2.05, 4.69) is 6.58 Å². The SMILES string of the molecule is C=C1CCOC(c2cccc([N+](=O)[O-])c2)C1. The minimum Gasteiger partial charge on any atom is -0.373 e. The van der Waals surface area contributed by atoms with Gasteiger partial charge in [-0.05, 0) is 18.4 Å². The van der Waals surface area contributed by atoms with E-state index in [1.54, 1.807) is 12.1 Å². The second-order valence-corrected chi connectivity index (χ2v) is 3.92. The van der Waals surface area contributed by atoms with Crippen LogP contribution in [0, 0.1) is 10.1 Å². The number of hydrogen-bond donors (Lipinski definition) is 0. The van der Waals surface area contributed by atoms with Crippen molar-refractivity contribution in [2.45, 2.75) is 18.9 Å². The van der Waals surface area contributed by atoms with Crippen molar-refractivity contribution in [3.63, 3.8) is 0 Å². The lowest BCUT2D eigenvalue weighted by atomic mass is 9.98. The van der Waals surface area contributed by atoms with E-state index in [-0.39, 0.29) is 16.7 Å². The quantitative estimate of drug-likeness (QED) is 0.436. The fourth-order valence-corrected chi connectivity index (χ4v) is 1.82. The zero-order valence-electron chi connectivity index (χ0n) is 8.89. The minimum absolute atomic E-state index is 0.0823. The first-order valence-electron chi connectivity index (χ1n) is 5.19. The molecule has 0 spiro atoms. The van der Waals surface area contributed by atoms with Crippen molar-refractivity contribution >= 4 is 5.69 Å². The molecular weight excluding hydrogens is 206 g/mol. The van der Waals surface area contributed by atoms with E-state index in [1.165, 1.54) is 6.07 Å². The van der Waals surface area contributed by atoms with Gasteiger partial charge >= 0.3 is 0 Å². The summed E-state index contributed by atoms with van der Waals surface area (Å²) in [7, 11) is 0. The second-order valence-electron chi connectivity index (χ2n) is 3.92. The summed E-state index contributed by atoms with van der Waals surface area (Å²) in [6, 6.07) is 6.61. The molecule has 4 nitrogen and oxygen atoms in total. The molecule has 1 unspecified atom stereocenters. The molecule has 1 saturated heterocycles. The summed E-state index contributed by atoms with van der Waals surface area (Å²) in [5, 5.41) is 10.6. The zero-order chi connectivity index (χ0) is 11.5. The van der Waals surface area contributed by atoms with Crippen molar-refractivity contribution in [1.82, 2.24) is 0 Å². The molecule has 1 atom stereocenters. The van der Waals surface area contributed by atoms with Crippen LogP contribution < -0.4 is 0 Å². The van der Waals surface area contributed by atoms with Crippen LogP contribution in [0.4, 0.5) is 5.69 Å². The lowest BCUT2D eigenvalue weighted by Crippen LogP contribution is -2.13. The van der Waals surface area contributed by atoms with Crippen LogP contribution in [0.3, 0.4) is 0 Å². The van der Waals surface area contributed by atoms with Crippen molar-refractivity contribution in [2.24, 2.45) is 0 Å². The summed E-state index contributed by atoms with van der Waals surface area (Å²) in [6.45, 7) is 4.58. The smallest absolute Gasteiger partial charge is 0.269 e. The first-order valence-corrected chi connectivity index (χ1v) is 5.19. The Morgan fingerprint density at radius 1 is 1.50 bits per heavy atom. The highest BCUT2D eigenvalue weighted by atomic mass is 16.6. The van der Waals surface area contributed by atoms with Gasteiger partial charge in [-0.1, -0.05) is 24.3 Å². The topological polar surface area (TPSA) is 52.4 Å². The van der Waals surface area contributed by atoms with Crippen molar-refractivity contribution in [3.05, 3.63) is 52.1 Å². The summed E-state index contributed by atoms with van der Waals surface area (Å²) in [5.74, 6) is 0. The van der Waals surface area contributed by atoms with Crippen LogP contribution in [0.1, 0.15) is 24.5 Å². The highest BCUT2D eigenvalue weighted by molar-refractivity contribution is 5.36. The first-order chi connectivity index (χ1) is 7.66. The van der Waals surface area contributed by atoms with Crippen LogP contribution in [0.5, 0.6) is 0 Å². The predicted octanol–water partition coefficient (Wildman–Crippen LogP) is 3.00. The Kier molecular flexibility index (Phi) is 3.01. The molecular formula is C12H13NO3. The van der Waals surface area contributed by atoms with E-state index in [4.69, 9.17) is 4.74 Å². The van der Waals surface area contributed by atoms with Gasteiger partial charge in [-0.3, -0.25) is 10.1 Å². The summed E-state index contributed by atoms with van der Waals surface area (Å²) < 4.78 is 5.59. The van der Waals surface area contributed by atoms with Gasteiger partial charge in [-0.2, -0.15) is 0 Å². The fraction of sp³-hybridized carbons (Fsp3) is 0.333. The van der Waals surface area contributed by atoms with Crippen LogP contribution in [0.15, 0.2) is 36.4 Å². The maximum Gasteiger partial charge on any atom is 0.269 e. The largest absolute Gasteiger partial charge is 0.373 e. The average Bonchev–Trinajstić information content (AvgIpc) is 2.29. The van der Waals surface area contributed by atoms with Gasteiger partial charge in [-0.15, -0.1) is 0 Å². The molecule has 1 aromatic rings. The summed E-state index contributed by atoms with van der Waals surface area (Å²) >= 11 is 0. The van der Waals surface area contributed by atoms with Crippen LogP contribution in [-0.4, -0.2) is 11.5 Å². The molecule has 16 heavy (non-hydrogen) atoms. The molecule has 84 valence electrons. The molecule has 0 radical (unpaired) electrons. The Balaban J connectivity index is 2.22. The van der Waals surface area contributed by atoms with E-state index in [9.17, 15) is 10.1 Å². The van der Waals surface area contributed by atoms with Crippen molar-refractivity contribution in [2.75, 3.05) is 6.61 Å². The maximum absolute atomic E-state index is 10.6. The van der Waals surface area contributed by atoms with Gasteiger partial charge in [0.2, 0.25) is 0 Å². The standard InChI is InChI=1S/C12H13NO3/c1-9-5-6-16-12(7-9)10-3-2-4-11(8-10)13(14)15/h2-4,8,12H,1,5-7H2. The number of rotatable bonds is 2. The number of ether oxygens (including phenoxy) is 1. The third-order valence-electron chi connectivity index (χ3n) is 2.70.